The van der Waals surface area contributed by atoms with Crippen molar-refractivity contribution in [2.45, 2.75) is 6.92 Å². The van der Waals surface area contributed by atoms with E-state index in [1.54, 1.807) is 25.3 Å². The summed E-state index contributed by atoms with van der Waals surface area (Å²) in [5, 5.41) is 3.11. The van der Waals surface area contributed by atoms with E-state index in [4.69, 9.17) is 21.1 Å². The van der Waals surface area contributed by atoms with Gasteiger partial charge in [-0.15, -0.1) is 0 Å². The van der Waals surface area contributed by atoms with Crippen molar-refractivity contribution < 1.29 is 14.3 Å². The number of benzene rings is 1. The first-order valence-corrected chi connectivity index (χ1v) is 5.26. The molecule has 0 spiro atoms. The molecule has 0 heterocycles. The largest absolute Gasteiger partial charge is 0.497 e. The van der Waals surface area contributed by atoms with E-state index in [0.29, 0.717) is 23.1 Å². The zero-order valence-corrected chi connectivity index (χ0v) is 10.0. The first-order chi connectivity index (χ1) is 7.67. The Hall–Kier alpha value is -1.26. The average Bonchev–Trinajstić information content (AvgIpc) is 2.29. The summed E-state index contributed by atoms with van der Waals surface area (Å²) in [5.41, 5.74) is 0.519. The molecule has 0 aromatic heterocycles. The quantitative estimate of drug-likeness (QED) is 0.864. The van der Waals surface area contributed by atoms with E-state index in [2.05, 4.69) is 5.32 Å². The molecule has 0 radical (unpaired) electrons. The molecule has 5 heteroatoms. The summed E-state index contributed by atoms with van der Waals surface area (Å²) in [5.74, 6) is 0.396. The first kappa shape index (κ1) is 12.8. The minimum Gasteiger partial charge on any atom is -0.497 e. The molecule has 16 heavy (non-hydrogen) atoms. The fourth-order valence-corrected chi connectivity index (χ4v) is 1.27. The lowest BCUT2D eigenvalue weighted by molar-refractivity contribution is -0.120. The van der Waals surface area contributed by atoms with E-state index in [1.165, 1.54) is 0 Å². The number of carbonyl (C=O) groups excluding carboxylic acids is 1. The number of rotatable bonds is 5. The highest BCUT2D eigenvalue weighted by Crippen LogP contribution is 2.26. The van der Waals surface area contributed by atoms with Crippen molar-refractivity contribution in [1.29, 1.82) is 0 Å². The number of halogens is 1. The fraction of sp³-hybridized carbons (Fsp3) is 0.364. The number of hydrogen-bond donors (Lipinski definition) is 1. The van der Waals surface area contributed by atoms with E-state index in [-0.39, 0.29) is 12.5 Å². The smallest absolute Gasteiger partial charge is 0.250 e. The molecule has 0 fully saturated rings. The third kappa shape index (κ3) is 3.72. The summed E-state index contributed by atoms with van der Waals surface area (Å²) in [6.07, 6.45) is 0. The zero-order chi connectivity index (χ0) is 12.0. The molecule has 0 saturated heterocycles. The summed E-state index contributed by atoms with van der Waals surface area (Å²) in [6.45, 7) is 2.34. The van der Waals surface area contributed by atoms with Crippen LogP contribution in [0.1, 0.15) is 6.92 Å². The van der Waals surface area contributed by atoms with Crippen LogP contribution in [0.4, 0.5) is 5.69 Å². The van der Waals surface area contributed by atoms with Gasteiger partial charge in [-0.1, -0.05) is 11.6 Å². The van der Waals surface area contributed by atoms with Gasteiger partial charge in [0.15, 0.2) is 0 Å². The van der Waals surface area contributed by atoms with Crippen LogP contribution in [-0.4, -0.2) is 26.2 Å². The second-order valence-electron chi connectivity index (χ2n) is 3.03. The van der Waals surface area contributed by atoms with Gasteiger partial charge in [0, 0.05) is 12.7 Å². The van der Waals surface area contributed by atoms with Crippen molar-refractivity contribution in [3.05, 3.63) is 23.2 Å². The molecule has 1 rings (SSSR count). The van der Waals surface area contributed by atoms with Gasteiger partial charge in [-0.2, -0.15) is 0 Å². The maximum absolute atomic E-state index is 11.4. The maximum Gasteiger partial charge on any atom is 0.250 e. The van der Waals surface area contributed by atoms with Crippen LogP contribution in [-0.2, 0) is 9.53 Å². The summed E-state index contributed by atoms with van der Waals surface area (Å²) >= 11 is 5.92. The number of hydrogen-bond acceptors (Lipinski definition) is 3. The Kier molecular flexibility index (Phi) is 5.08. The lowest BCUT2D eigenvalue weighted by Gasteiger charge is -2.08. The molecule has 4 nitrogen and oxygen atoms in total. The maximum atomic E-state index is 11.4. The number of ether oxygens (including phenoxy) is 2. The molecular formula is C11H14ClNO3. The van der Waals surface area contributed by atoms with Crippen LogP contribution in [0.3, 0.4) is 0 Å². The Morgan fingerprint density at radius 3 is 2.88 bits per heavy atom. The summed E-state index contributed by atoms with van der Waals surface area (Å²) in [7, 11) is 1.55. The van der Waals surface area contributed by atoms with E-state index >= 15 is 0 Å². The summed E-state index contributed by atoms with van der Waals surface area (Å²) in [4.78, 5) is 11.4. The Balaban J connectivity index is 2.68. The van der Waals surface area contributed by atoms with Crippen LogP contribution in [0.25, 0.3) is 0 Å². The van der Waals surface area contributed by atoms with Crippen LogP contribution >= 0.6 is 11.6 Å². The van der Waals surface area contributed by atoms with Gasteiger partial charge in [-0.3, -0.25) is 4.79 Å². The van der Waals surface area contributed by atoms with Gasteiger partial charge in [-0.05, 0) is 19.1 Å². The minimum absolute atomic E-state index is 0.0179. The highest BCUT2D eigenvalue weighted by molar-refractivity contribution is 6.33. The Morgan fingerprint density at radius 1 is 1.50 bits per heavy atom. The van der Waals surface area contributed by atoms with Gasteiger partial charge in [0.05, 0.1) is 17.8 Å². The van der Waals surface area contributed by atoms with Crippen molar-refractivity contribution >= 4 is 23.2 Å². The fourth-order valence-electron chi connectivity index (χ4n) is 1.11. The lowest BCUT2D eigenvalue weighted by atomic mass is 10.3. The molecule has 1 amide bonds. The van der Waals surface area contributed by atoms with Crippen LogP contribution in [0.2, 0.25) is 5.02 Å². The van der Waals surface area contributed by atoms with Crippen LogP contribution < -0.4 is 10.1 Å². The van der Waals surface area contributed by atoms with Crippen molar-refractivity contribution in [2.75, 3.05) is 25.6 Å². The average molecular weight is 244 g/mol. The van der Waals surface area contributed by atoms with Gasteiger partial charge >= 0.3 is 0 Å². The lowest BCUT2D eigenvalue weighted by Crippen LogP contribution is -2.18. The standard InChI is InChI=1S/C11H14ClNO3/c1-3-16-7-11(14)13-10-6-8(15-2)4-5-9(10)12/h4-6H,3,7H2,1-2H3,(H,13,14). The van der Waals surface area contributed by atoms with Crippen LogP contribution in [0, 0.1) is 0 Å². The molecule has 0 unspecified atom stereocenters. The number of amides is 1. The van der Waals surface area contributed by atoms with Gasteiger partial charge in [0.2, 0.25) is 5.91 Å². The third-order valence-electron chi connectivity index (χ3n) is 1.88. The normalized spacial score (nSPS) is 9.94. The highest BCUT2D eigenvalue weighted by Gasteiger charge is 2.06. The van der Waals surface area contributed by atoms with Crippen molar-refractivity contribution in [1.82, 2.24) is 0 Å². The Labute approximate surface area is 99.5 Å². The molecular weight excluding hydrogens is 230 g/mol. The molecule has 0 atom stereocenters. The SMILES string of the molecule is CCOCC(=O)Nc1cc(OC)ccc1Cl. The van der Waals surface area contributed by atoms with Crippen molar-refractivity contribution in [3.8, 4) is 5.75 Å². The van der Waals surface area contributed by atoms with E-state index < -0.39 is 0 Å². The zero-order valence-electron chi connectivity index (χ0n) is 9.25. The summed E-state index contributed by atoms with van der Waals surface area (Å²) in [6, 6.07) is 5.05. The molecule has 0 saturated carbocycles. The van der Waals surface area contributed by atoms with E-state index in [0.717, 1.165) is 0 Å². The summed E-state index contributed by atoms with van der Waals surface area (Å²) < 4.78 is 10.0. The third-order valence-corrected chi connectivity index (χ3v) is 2.21. The van der Waals surface area contributed by atoms with Crippen LogP contribution in [0.15, 0.2) is 18.2 Å². The molecule has 1 aromatic carbocycles. The second kappa shape index (κ2) is 6.35. The number of carbonyl (C=O) groups is 1. The van der Waals surface area contributed by atoms with Crippen LogP contribution in [0.5, 0.6) is 5.75 Å². The molecule has 0 aliphatic rings. The monoisotopic (exact) mass is 243 g/mol. The van der Waals surface area contributed by atoms with Gasteiger partial charge < -0.3 is 14.8 Å². The predicted octanol–water partition coefficient (Wildman–Crippen LogP) is 2.32. The molecule has 88 valence electrons. The molecule has 0 bridgehead atoms. The van der Waals surface area contributed by atoms with E-state index in [1.807, 2.05) is 6.92 Å². The second-order valence-corrected chi connectivity index (χ2v) is 3.44. The van der Waals surface area contributed by atoms with Crippen molar-refractivity contribution in [2.24, 2.45) is 0 Å². The molecule has 1 N–H and O–H groups in total. The number of anilines is 1. The first-order valence-electron chi connectivity index (χ1n) is 4.88. The van der Waals surface area contributed by atoms with Gasteiger partial charge in [-0.25, -0.2) is 0 Å². The molecule has 1 aromatic rings. The van der Waals surface area contributed by atoms with Gasteiger partial charge in [0.1, 0.15) is 12.4 Å². The van der Waals surface area contributed by atoms with Crippen molar-refractivity contribution in [3.63, 3.8) is 0 Å². The Morgan fingerprint density at radius 2 is 2.25 bits per heavy atom. The Bertz CT molecular complexity index is 368. The molecule has 0 aliphatic heterocycles. The van der Waals surface area contributed by atoms with E-state index in [9.17, 15) is 4.79 Å². The number of nitrogens with one attached hydrogen (secondary N) is 1. The topological polar surface area (TPSA) is 47.6 Å². The van der Waals surface area contributed by atoms with Gasteiger partial charge in [0.25, 0.3) is 0 Å². The number of methoxy groups -OCH3 is 1. The molecule has 0 aliphatic carbocycles. The highest BCUT2D eigenvalue weighted by atomic mass is 35.5. The minimum atomic E-state index is -0.239. The predicted molar refractivity (Wildman–Crippen MR) is 63.1 cm³/mol.